The molecule has 1 aromatic carbocycles. The van der Waals surface area contributed by atoms with Gasteiger partial charge >= 0.3 is 11.9 Å². The first-order chi connectivity index (χ1) is 10.1. The molecule has 116 valence electrons. The summed E-state index contributed by atoms with van der Waals surface area (Å²) in [6.45, 7) is 6.30. The van der Waals surface area contributed by atoms with E-state index in [1.54, 1.807) is 6.92 Å². The molecule has 0 aliphatic carbocycles. The molecule has 4 heteroatoms. The fourth-order valence-electron chi connectivity index (χ4n) is 1.79. The minimum absolute atomic E-state index is 0.240. The Hall–Kier alpha value is -1.84. The van der Waals surface area contributed by atoms with Gasteiger partial charge in [0.2, 0.25) is 0 Å². The third-order valence-corrected chi connectivity index (χ3v) is 3.37. The van der Waals surface area contributed by atoms with Gasteiger partial charge in [0.15, 0.2) is 0 Å². The molecule has 0 spiro atoms. The van der Waals surface area contributed by atoms with Crippen LogP contribution in [0.5, 0.6) is 5.75 Å². The van der Waals surface area contributed by atoms with E-state index in [1.165, 1.54) is 5.56 Å². The molecule has 4 nitrogen and oxygen atoms in total. The van der Waals surface area contributed by atoms with Crippen molar-refractivity contribution >= 4 is 11.9 Å². The Labute approximate surface area is 126 Å². The van der Waals surface area contributed by atoms with Gasteiger partial charge in [0.25, 0.3) is 0 Å². The molecule has 0 radical (unpaired) electrons. The molecular formula is C17H24O4. The van der Waals surface area contributed by atoms with Crippen molar-refractivity contribution in [2.75, 3.05) is 6.61 Å². The van der Waals surface area contributed by atoms with Crippen molar-refractivity contribution in [3.05, 3.63) is 29.8 Å². The van der Waals surface area contributed by atoms with Crippen molar-refractivity contribution in [2.24, 2.45) is 0 Å². The van der Waals surface area contributed by atoms with E-state index in [9.17, 15) is 9.59 Å². The molecule has 1 aromatic rings. The molecule has 1 unspecified atom stereocenters. The van der Waals surface area contributed by atoms with Crippen LogP contribution in [0.4, 0.5) is 0 Å². The molecule has 0 bridgehead atoms. The maximum absolute atomic E-state index is 11.6. The van der Waals surface area contributed by atoms with Gasteiger partial charge in [-0.15, -0.1) is 0 Å². The van der Waals surface area contributed by atoms with E-state index in [2.05, 4.69) is 13.8 Å². The molecule has 0 N–H and O–H groups in total. The second-order valence-electron chi connectivity index (χ2n) is 5.03. The molecule has 0 saturated heterocycles. The van der Waals surface area contributed by atoms with Crippen molar-refractivity contribution in [3.63, 3.8) is 0 Å². The molecular weight excluding hydrogens is 268 g/mol. The van der Waals surface area contributed by atoms with Gasteiger partial charge in [-0.1, -0.05) is 32.9 Å². The van der Waals surface area contributed by atoms with Crippen LogP contribution in [0.1, 0.15) is 57.9 Å². The van der Waals surface area contributed by atoms with Crippen LogP contribution in [0.3, 0.4) is 0 Å². The number of rotatable bonds is 8. The summed E-state index contributed by atoms with van der Waals surface area (Å²) in [7, 11) is 0. The van der Waals surface area contributed by atoms with Gasteiger partial charge in [-0.05, 0) is 36.5 Å². The van der Waals surface area contributed by atoms with E-state index in [-0.39, 0.29) is 25.0 Å². The zero-order valence-electron chi connectivity index (χ0n) is 13.1. The van der Waals surface area contributed by atoms with Crippen molar-refractivity contribution in [1.29, 1.82) is 0 Å². The highest BCUT2D eigenvalue weighted by Crippen LogP contribution is 2.21. The summed E-state index contributed by atoms with van der Waals surface area (Å²) in [4.78, 5) is 22.6. The Balaban J connectivity index is 2.32. The first-order valence-electron chi connectivity index (χ1n) is 7.53. The van der Waals surface area contributed by atoms with Crippen LogP contribution in [0.2, 0.25) is 0 Å². The number of carbonyl (C=O) groups is 2. The molecule has 0 heterocycles. The predicted octanol–water partition coefficient (Wildman–Crippen LogP) is 3.84. The average Bonchev–Trinajstić information content (AvgIpc) is 2.51. The zero-order valence-corrected chi connectivity index (χ0v) is 13.1. The highest BCUT2D eigenvalue weighted by molar-refractivity contribution is 5.72. The summed E-state index contributed by atoms with van der Waals surface area (Å²) < 4.78 is 10.1. The zero-order chi connectivity index (χ0) is 15.7. The highest BCUT2D eigenvalue weighted by Gasteiger charge is 2.07. The lowest BCUT2D eigenvalue weighted by Gasteiger charge is -2.10. The van der Waals surface area contributed by atoms with E-state index >= 15 is 0 Å². The molecule has 1 atom stereocenters. The molecule has 0 saturated carbocycles. The SMILES string of the molecule is CCC(=O)OCCCC(=O)Oc1ccc(C(C)CC)cc1. The average molecular weight is 292 g/mol. The van der Waals surface area contributed by atoms with Crippen molar-refractivity contribution < 1.29 is 19.1 Å². The Morgan fingerprint density at radius 2 is 1.76 bits per heavy atom. The van der Waals surface area contributed by atoms with Crippen LogP contribution >= 0.6 is 0 Å². The Kier molecular flexibility index (Phi) is 7.51. The van der Waals surface area contributed by atoms with E-state index in [1.807, 2.05) is 24.3 Å². The first-order valence-corrected chi connectivity index (χ1v) is 7.53. The molecule has 1 rings (SSSR count). The summed E-state index contributed by atoms with van der Waals surface area (Å²) in [5.74, 6) is 0.503. The Bertz CT molecular complexity index is 450. The van der Waals surface area contributed by atoms with Crippen molar-refractivity contribution in [1.82, 2.24) is 0 Å². The minimum atomic E-state index is -0.307. The lowest BCUT2D eigenvalue weighted by atomic mass is 9.99. The van der Waals surface area contributed by atoms with Gasteiger partial charge in [-0.3, -0.25) is 9.59 Å². The number of hydrogen-bond acceptors (Lipinski definition) is 4. The molecule has 0 aromatic heterocycles. The third-order valence-electron chi connectivity index (χ3n) is 3.37. The monoisotopic (exact) mass is 292 g/mol. The second kappa shape index (κ2) is 9.16. The largest absolute Gasteiger partial charge is 0.466 e. The number of benzene rings is 1. The lowest BCUT2D eigenvalue weighted by Crippen LogP contribution is -2.10. The summed E-state index contributed by atoms with van der Waals surface area (Å²) in [5.41, 5.74) is 1.24. The Morgan fingerprint density at radius 1 is 1.10 bits per heavy atom. The van der Waals surface area contributed by atoms with Crippen molar-refractivity contribution in [3.8, 4) is 5.75 Å². The summed E-state index contributed by atoms with van der Waals surface area (Å²) in [6, 6.07) is 7.60. The fraction of sp³-hybridized carbons (Fsp3) is 0.529. The first kappa shape index (κ1) is 17.2. The van der Waals surface area contributed by atoms with Gasteiger partial charge in [0.05, 0.1) is 6.61 Å². The maximum Gasteiger partial charge on any atom is 0.311 e. The smallest absolute Gasteiger partial charge is 0.311 e. The van der Waals surface area contributed by atoms with Crippen LogP contribution < -0.4 is 4.74 Å². The second-order valence-corrected chi connectivity index (χ2v) is 5.03. The van der Waals surface area contributed by atoms with Crippen molar-refractivity contribution in [2.45, 2.75) is 52.4 Å². The third kappa shape index (κ3) is 6.43. The standard InChI is InChI=1S/C17H24O4/c1-4-13(3)14-8-10-15(11-9-14)21-17(19)7-6-12-20-16(18)5-2/h8-11,13H,4-7,12H2,1-3H3. The van der Waals surface area contributed by atoms with Gasteiger partial charge in [-0.25, -0.2) is 0 Å². The molecule has 21 heavy (non-hydrogen) atoms. The molecule has 0 aliphatic heterocycles. The fourth-order valence-corrected chi connectivity index (χ4v) is 1.79. The summed E-state index contributed by atoms with van der Waals surface area (Å²) >= 11 is 0. The van der Waals surface area contributed by atoms with Gasteiger partial charge < -0.3 is 9.47 Å². The van der Waals surface area contributed by atoms with Crippen LogP contribution in [0.15, 0.2) is 24.3 Å². The lowest BCUT2D eigenvalue weighted by molar-refractivity contribution is -0.144. The number of hydrogen-bond donors (Lipinski definition) is 0. The normalized spacial score (nSPS) is 11.8. The topological polar surface area (TPSA) is 52.6 Å². The highest BCUT2D eigenvalue weighted by atomic mass is 16.5. The molecule has 0 aliphatic rings. The number of esters is 2. The quantitative estimate of drug-likeness (QED) is 0.415. The van der Waals surface area contributed by atoms with E-state index in [0.717, 1.165) is 6.42 Å². The van der Waals surface area contributed by atoms with Crippen LogP contribution in [0, 0.1) is 0 Å². The summed E-state index contributed by atoms with van der Waals surface area (Å²) in [5, 5.41) is 0. The van der Waals surface area contributed by atoms with Gasteiger partial charge in [0, 0.05) is 12.8 Å². The van der Waals surface area contributed by atoms with Crippen LogP contribution in [0.25, 0.3) is 0 Å². The van der Waals surface area contributed by atoms with Gasteiger partial charge in [-0.2, -0.15) is 0 Å². The van der Waals surface area contributed by atoms with E-state index in [0.29, 0.717) is 24.5 Å². The summed E-state index contributed by atoms with van der Waals surface area (Å²) in [6.07, 6.45) is 2.15. The minimum Gasteiger partial charge on any atom is -0.466 e. The Morgan fingerprint density at radius 3 is 2.33 bits per heavy atom. The number of ether oxygens (including phenoxy) is 2. The van der Waals surface area contributed by atoms with Gasteiger partial charge in [0.1, 0.15) is 5.75 Å². The molecule has 0 amide bonds. The number of carbonyl (C=O) groups excluding carboxylic acids is 2. The predicted molar refractivity (Wildman–Crippen MR) is 81.3 cm³/mol. The van der Waals surface area contributed by atoms with E-state index in [4.69, 9.17) is 9.47 Å². The van der Waals surface area contributed by atoms with E-state index < -0.39 is 0 Å². The van der Waals surface area contributed by atoms with Crippen LogP contribution in [-0.2, 0) is 14.3 Å². The molecule has 0 fully saturated rings. The maximum atomic E-state index is 11.6. The van der Waals surface area contributed by atoms with Crippen LogP contribution in [-0.4, -0.2) is 18.5 Å².